The second-order valence-electron chi connectivity index (χ2n) is 5.38. The van der Waals surface area contributed by atoms with Gasteiger partial charge in [0.25, 0.3) is 5.91 Å². The maximum atomic E-state index is 12.7. The molecule has 24 heavy (non-hydrogen) atoms. The van der Waals surface area contributed by atoms with Crippen molar-refractivity contribution in [2.24, 2.45) is 0 Å². The molecule has 6 heteroatoms. The van der Waals surface area contributed by atoms with E-state index < -0.39 is 6.04 Å². The number of carbonyl (C=O) groups is 2. The molecule has 1 heterocycles. The zero-order chi connectivity index (χ0) is 17.1. The van der Waals surface area contributed by atoms with Gasteiger partial charge in [-0.05, 0) is 43.3 Å². The summed E-state index contributed by atoms with van der Waals surface area (Å²) >= 11 is 3.37. The van der Waals surface area contributed by atoms with Gasteiger partial charge >= 0.3 is 0 Å². The molecule has 3 rings (SSSR count). The van der Waals surface area contributed by atoms with Crippen molar-refractivity contribution in [3.05, 3.63) is 53.0 Å². The zero-order valence-corrected chi connectivity index (χ0v) is 14.7. The van der Waals surface area contributed by atoms with Gasteiger partial charge in [-0.25, -0.2) is 4.90 Å². The summed E-state index contributed by atoms with van der Waals surface area (Å²) in [4.78, 5) is 26.3. The van der Waals surface area contributed by atoms with Crippen LogP contribution in [0.3, 0.4) is 0 Å². The van der Waals surface area contributed by atoms with Crippen LogP contribution in [-0.2, 0) is 9.59 Å². The van der Waals surface area contributed by atoms with Gasteiger partial charge in [0.15, 0.2) is 0 Å². The highest BCUT2D eigenvalue weighted by atomic mass is 79.9. The van der Waals surface area contributed by atoms with Crippen molar-refractivity contribution in [2.45, 2.75) is 19.4 Å². The summed E-state index contributed by atoms with van der Waals surface area (Å²) in [5.74, 6) is 0.0304. The molecule has 0 unspecified atom stereocenters. The molecule has 0 aromatic heterocycles. The smallest absolute Gasteiger partial charge is 0.256 e. The van der Waals surface area contributed by atoms with Crippen LogP contribution in [0.25, 0.3) is 0 Å². The van der Waals surface area contributed by atoms with E-state index in [1.165, 1.54) is 4.90 Å². The van der Waals surface area contributed by atoms with Crippen LogP contribution >= 0.6 is 15.9 Å². The predicted molar refractivity (Wildman–Crippen MR) is 96.3 cm³/mol. The number of amides is 2. The third-order valence-electron chi connectivity index (χ3n) is 3.74. The Morgan fingerprint density at radius 1 is 1.17 bits per heavy atom. The van der Waals surface area contributed by atoms with Crippen LogP contribution in [0.2, 0.25) is 0 Å². The number of halogens is 1. The molecule has 1 aliphatic heterocycles. The number of hydrogen-bond donors (Lipinski definition) is 1. The van der Waals surface area contributed by atoms with Crippen LogP contribution in [-0.4, -0.2) is 24.5 Å². The minimum absolute atomic E-state index is 0.120. The summed E-state index contributed by atoms with van der Waals surface area (Å²) < 4.78 is 6.49. The van der Waals surface area contributed by atoms with E-state index in [9.17, 15) is 9.59 Å². The van der Waals surface area contributed by atoms with Crippen LogP contribution in [0.15, 0.2) is 53.0 Å². The number of imide groups is 1. The standard InChI is InChI=1S/C18H17BrN2O3/c1-2-24-16-6-4-3-5-15(16)21-17(22)11-14(18(21)23)20-13-9-7-12(19)8-10-13/h3-10,14,20H,2,11H2,1H3/t14-/m1/s1. The first-order chi connectivity index (χ1) is 11.6. The molecule has 2 amide bonds. The van der Waals surface area contributed by atoms with Gasteiger partial charge in [-0.15, -0.1) is 0 Å². The van der Waals surface area contributed by atoms with Crippen molar-refractivity contribution in [2.75, 3.05) is 16.8 Å². The van der Waals surface area contributed by atoms with Crippen LogP contribution < -0.4 is 15.0 Å². The van der Waals surface area contributed by atoms with Crippen molar-refractivity contribution in [3.63, 3.8) is 0 Å². The zero-order valence-electron chi connectivity index (χ0n) is 13.2. The quantitative estimate of drug-likeness (QED) is 0.795. The van der Waals surface area contributed by atoms with E-state index in [1.807, 2.05) is 37.3 Å². The van der Waals surface area contributed by atoms with Gasteiger partial charge in [0, 0.05) is 10.2 Å². The highest BCUT2D eigenvalue weighted by molar-refractivity contribution is 9.10. The van der Waals surface area contributed by atoms with E-state index in [4.69, 9.17) is 4.74 Å². The minimum Gasteiger partial charge on any atom is -0.492 e. The number of carbonyl (C=O) groups excluding carboxylic acids is 2. The van der Waals surface area contributed by atoms with E-state index in [-0.39, 0.29) is 18.2 Å². The lowest BCUT2D eigenvalue weighted by Crippen LogP contribution is -2.35. The second kappa shape index (κ2) is 7.05. The summed E-state index contributed by atoms with van der Waals surface area (Å²) in [5.41, 5.74) is 1.29. The highest BCUT2D eigenvalue weighted by Crippen LogP contribution is 2.32. The molecule has 2 aromatic rings. The van der Waals surface area contributed by atoms with Gasteiger partial charge < -0.3 is 10.1 Å². The van der Waals surface area contributed by atoms with E-state index in [1.54, 1.807) is 18.2 Å². The summed E-state index contributed by atoms with van der Waals surface area (Å²) in [5, 5.41) is 3.13. The Bertz CT molecular complexity index is 761. The minimum atomic E-state index is -0.576. The lowest BCUT2D eigenvalue weighted by atomic mass is 10.2. The van der Waals surface area contributed by atoms with Crippen LogP contribution in [0.4, 0.5) is 11.4 Å². The molecule has 1 aliphatic rings. The van der Waals surface area contributed by atoms with Gasteiger partial charge in [-0.1, -0.05) is 28.1 Å². The average Bonchev–Trinajstić information content (AvgIpc) is 2.85. The fourth-order valence-electron chi connectivity index (χ4n) is 2.66. The second-order valence-corrected chi connectivity index (χ2v) is 6.29. The third-order valence-corrected chi connectivity index (χ3v) is 4.27. The third kappa shape index (κ3) is 3.28. The number of nitrogens with one attached hydrogen (secondary N) is 1. The van der Waals surface area contributed by atoms with E-state index >= 15 is 0 Å². The Labute approximate surface area is 148 Å². The number of nitrogens with zero attached hydrogens (tertiary/aromatic N) is 1. The highest BCUT2D eigenvalue weighted by Gasteiger charge is 2.40. The molecule has 2 aromatic carbocycles. The van der Waals surface area contributed by atoms with Crippen molar-refractivity contribution < 1.29 is 14.3 Å². The summed E-state index contributed by atoms with van der Waals surface area (Å²) in [6.45, 7) is 2.33. The van der Waals surface area contributed by atoms with Gasteiger partial charge in [0.2, 0.25) is 5.91 Å². The van der Waals surface area contributed by atoms with Crippen LogP contribution in [0.5, 0.6) is 5.75 Å². The largest absolute Gasteiger partial charge is 0.492 e. The number of para-hydroxylation sites is 2. The maximum absolute atomic E-state index is 12.7. The summed E-state index contributed by atoms with van der Waals surface area (Å²) in [6, 6.07) is 14.0. The van der Waals surface area contributed by atoms with Crippen molar-refractivity contribution in [1.29, 1.82) is 0 Å². The molecule has 1 N–H and O–H groups in total. The van der Waals surface area contributed by atoms with Gasteiger partial charge in [-0.2, -0.15) is 0 Å². The topological polar surface area (TPSA) is 58.6 Å². The number of hydrogen-bond acceptors (Lipinski definition) is 4. The van der Waals surface area contributed by atoms with Gasteiger partial charge in [0.05, 0.1) is 18.7 Å². The molecule has 1 saturated heterocycles. The van der Waals surface area contributed by atoms with E-state index in [0.29, 0.717) is 18.0 Å². The molecule has 1 atom stereocenters. The fourth-order valence-corrected chi connectivity index (χ4v) is 2.93. The van der Waals surface area contributed by atoms with Crippen molar-refractivity contribution in [1.82, 2.24) is 0 Å². The molecule has 0 bridgehead atoms. The van der Waals surface area contributed by atoms with Crippen molar-refractivity contribution >= 4 is 39.1 Å². The first kappa shape index (κ1) is 16.5. The Hall–Kier alpha value is -2.34. The summed E-state index contributed by atoms with van der Waals surface area (Å²) in [7, 11) is 0. The Kier molecular flexibility index (Phi) is 4.85. The molecule has 1 fully saturated rings. The van der Waals surface area contributed by atoms with Crippen molar-refractivity contribution in [3.8, 4) is 5.75 Å². The van der Waals surface area contributed by atoms with Gasteiger partial charge in [0.1, 0.15) is 11.8 Å². The first-order valence-electron chi connectivity index (χ1n) is 7.71. The summed E-state index contributed by atoms with van der Waals surface area (Å²) in [6.07, 6.45) is 0.120. The number of ether oxygens (including phenoxy) is 1. The number of anilines is 2. The van der Waals surface area contributed by atoms with Crippen LogP contribution in [0, 0.1) is 0 Å². The number of benzene rings is 2. The SMILES string of the molecule is CCOc1ccccc1N1C(=O)C[C@@H](Nc2ccc(Br)cc2)C1=O. The average molecular weight is 389 g/mol. The molecule has 5 nitrogen and oxygen atoms in total. The van der Waals surface area contributed by atoms with Gasteiger partial charge in [-0.3, -0.25) is 9.59 Å². The molecule has 0 spiro atoms. The number of rotatable bonds is 5. The Morgan fingerprint density at radius 2 is 1.88 bits per heavy atom. The Morgan fingerprint density at radius 3 is 2.58 bits per heavy atom. The lowest BCUT2D eigenvalue weighted by molar-refractivity contribution is -0.121. The maximum Gasteiger partial charge on any atom is 0.256 e. The predicted octanol–water partition coefficient (Wildman–Crippen LogP) is 3.59. The van der Waals surface area contributed by atoms with E-state index in [2.05, 4.69) is 21.2 Å². The van der Waals surface area contributed by atoms with E-state index in [0.717, 1.165) is 10.2 Å². The molecular weight excluding hydrogens is 372 g/mol. The van der Waals surface area contributed by atoms with Crippen LogP contribution in [0.1, 0.15) is 13.3 Å². The normalized spacial score (nSPS) is 17.2. The molecule has 124 valence electrons. The molecule has 0 aliphatic carbocycles. The molecule has 0 saturated carbocycles. The molecular formula is C18H17BrN2O3. The fraction of sp³-hybridized carbons (Fsp3) is 0.222. The lowest BCUT2D eigenvalue weighted by Gasteiger charge is -2.19. The monoisotopic (exact) mass is 388 g/mol. The molecule has 0 radical (unpaired) electrons. The first-order valence-corrected chi connectivity index (χ1v) is 8.50. The Balaban J connectivity index is 1.83.